The summed E-state index contributed by atoms with van der Waals surface area (Å²) in [6.07, 6.45) is 7.08. The molecule has 1 aliphatic rings. The molecule has 19 rings (SSSR count). The molecule has 3 radical (unpaired) electrons. The van der Waals surface area contributed by atoms with Crippen LogP contribution in [0.1, 0.15) is 26.1 Å². The summed E-state index contributed by atoms with van der Waals surface area (Å²) in [6, 6.07) is 93.7. The van der Waals surface area contributed by atoms with Gasteiger partial charge in [-0.05, 0) is 129 Å². The third-order valence-corrected chi connectivity index (χ3v) is 29.7. The number of aromatic nitrogens is 8. The molecule has 10 aromatic carbocycles. The number of para-hydroxylation sites is 3. The largest absolute Gasteiger partial charge is 0.381 e. The Bertz CT molecular complexity index is 7150. The Labute approximate surface area is 760 Å². The first kappa shape index (κ1) is 70.5. The minimum atomic E-state index is -1.59. The van der Waals surface area contributed by atoms with Crippen molar-refractivity contribution in [3.05, 3.63) is 377 Å². The Hall–Kier alpha value is -10.5. The van der Waals surface area contributed by atoms with Crippen molar-refractivity contribution in [2.75, 3.05) is 0 Å². The summed E-state index contributed by atoms with van der Waals surface area (Å²) >= 11 is 0. The van der Waals surface area contributed by atoms with Gasteiger partial charge in [0.25, 0.3) is 0 Å². The molecule has 0 N–H and O–H groups in total. The van der Waals surface area contributed by atoms with E-state index in [1.165, 1.54) is 92.8 Å². The fourth-order valence-corrected chi connectivity index (χ4v) is 19.9. The van der Waals surface area contributed by atoms with Gasteiger partial charge in [-0.15, -0.1) is 184 Å². The molecule has 8 nitrogen and oxygen atoms in total. The van der Waals surface area contributed by atoms with E-state index in [1.54, 1.807) is 42.6 Å². The maximum absolute atomic E-state index is 7.72. The van der Waals surface area contributed by atoms with Crippen LogP contribution < -0.4 is 25.9 Å². The number of fused-ring (bicyclic) bond motifs is 9. The predicted molar refractivity (Wildman–Crippen MR) is 495 cm³/mol. The third-order valence-electron chi connectivity index (χ3n) is 20.1. The number of nitrogens with zero attached hydrogens (tertiary/aromatic N) is 8. The second-order valence-electron chi connectivity index (χ2n) is 31.2. The maximum atomic E-state index is 7.72. The van der Waals surface area contributed by atoms with Gasteiger partial charge in [-0.25, -0.2) is 0 Å². The van der Waals surface area contributed by atoms with Gasteiger partial charge in [0.05, 0.1) is 43.3 Å². The topological polar surface area (TPSA) is 87.2 Å². The summed E-state index contributed by atoms with van der Waals surface area (Å²) in [5, 5.41) is 12.3. The zero-order valence-corrected chi connectivity index (χ0v) is 78.7. The molecule has 0 saturated carbocycles. The number of benzene rings is 10. The quantitative estimate of drug-likeness (QED) is 0.0947. The van der Waals surface area contributed by atoms with Crippen LogP contribution in [0.15, 0.2) is 340 Å². The van der Waals surface area contributed by atoms with Crippen LogP contribution in [0.2, 0.25) is 72.0 Å². The molecule has 0 fully saturated rings. The van der Waals surface area contributed by atoms with Crippen LogP contribution in [0.4, 0.5) is 0 Å². The Morgan fingerprint density at radius 2 is 0.814 bits per heavy atom. The van der Waals surface area contributed by atoms with Gasteiger partial charge in [0.1, 0.15) is 0 Å². The smallest absolute Gasteiger partial charge is 0.0830 e. The molecule has 0 spiro atoms. The fraction of sp³-hybridized carbons (Fsp3) is 0.126. The third kappa shape index (κ3) is 20.8. The van der Waals surface area contributed by atoms with E-state index in [0.29, 0.717) is 16.8 Å². The standard InChI is InChI=1S/C26H23N2Si.C22H23N2Si.C22H24NSi2.3C11H8N.3Ir/c1-29(2,3)21-14-15-24(27-18-21)19-13-16-26-23(17-19)22-11-7-8-12-25(22)28(26)20-9-5-4-6-10-20;1-5-24-21-9-7-6-8-18(21)19-14-16(10-13-22(19)24)20-12-11-17(15-23-20)25(2,3)4;1-24(2,3)17-11-12-20(23-15-17)16-10-13-22-19(14-16)18-8-6-7-9-21(18)25(22,4)5;3*1-2-6-10(7-3-1)11-8-4-5-9-12-11;;;/h4-12,14-18H,1-3H3;6-9,11-15H,5H2,1-4H3;6-9,11-15H,1-5H3;3*1-6,8-9H;;;/q6*-1;;;/i;;;1D,2D,3D,4D,5D,8D,9D;4D,5D,8D,9D;1D,2D,3D;;;. The Kier molecular flexibility index (Phi) is 23.8. The van der Waals surface area contributed by atoms with Crippen LogP contribution in [0.3, 0.4) is 0 Å². The summed E-state index contributed by atoms with van der Waals surface area (Å²) < 4.78 is 110. The van der Waals surface area contributed by atoms with Crippen LogP contribution in [-0.2, 0) is 66.9 Å². The zero-order valence-electron chi connectivity index (χ0n) is 81.5. The number of hydrogen-bond donors (Lipinski definition) is 0. The first-order chi connectivity index (χ1) is 61.4. The van der Waals surface area contributed by atoms with Crippen molar-refractivity contribution in [1.82, 2.24) is 39.0 Å². The van der Waals surface area contributed by atoms with Gasteiger partial charge in [0, 0.05) is 126 Å². The number of pyridine rings is 6. The van der Waals surface area contributed by atoms with E-state index in [0.717, 1.165) is 46.0 Å². The van der Waals surface area contributed by atoms with E-state index in [1.807, 2.05) is 12.3 Å². The van der Waals surface area contributed by atoms with E-state index < -0.39 is 50.6 Å². The van der Waals surface area contributed by atoms with Crippen molar-refractivity contribution < 1.29 is 79.5 Å². The van der Waals surface area contributed by atoms with E-state index >= 15 is 0 Å². The van der Waals surface area contributed by atoms with Crippen LogP contribution in [0.25, 0.3) is 128 Å². The molecule has 0 unspecified atom stereocenters. The van der Waals surface area contributed by atoms with Gasteiger partial charge >= 0.3 is 0 Å². The van der Waals surface area contributed by atoms with Gasteiger partial charge in [0.15, 0.2) is 0 Å². The summed E-state index contributed by atoms with van der Waals surface area (Å²) in [7, 11) is -5.55. The zero-order chi connectivity index (χ0) is 92.3. The Morgan fingerprint density at radius 1 is 0.347 bits per heavy atom. The van der Waals surface area contributed by atoms with Crippen LogP contribution in [0, 0.1) is 36.4 Å². The van der Waals surface area contributed by atoms with Crippen molar-refractivity contribution >= 4 is 102 Å². The van der Waals surface area contributed by atoms with E-state index in [9.17, 15) is 0 Å². The molecule has 595 valence electrons. The fourth-order valence-electron chi connectivity index (χ4n) is 13.8. The number of rotatable bonds is 11. The molecule has 18 aromatic rings. The first-order valence-corrected chi connectivity index (χ1v) is 51.7. The van der Waals surface area contributed by atoms with E-state index in [2.05, 4.69) is 328 Å². The molecule has 0 saturated heterocycles. The van der Waals surface area contributed by atoms with Gasteiger partial charge in [-0.3, -0.25) is 0 Å². The van der Waals surface area contributed by atoms with E-state index in [-0.39, 0.29) is 144 Å². The molecule has 9 heterocycles. The molecular formula is C103H94Ir3N8Si4-6. The van der Waals surface area contributed by atoms with Gasteiger partial charge < -0.3 is 39.0 Å². The second-order valence-corrected chi connectivity index (χ2v) is 50.7. The van der Waals surface area contributed by atoms with Crippen molar-refractivity contribution in [2.45, 2.75) is 85.5 Å². The predicted octanol–water partition coefficient (Wildman–Crippen LogP) is 22.9. The van der Waals surface area contributed by atoms with Gasteiger partial charge in [-0.1, -0.05) is 245 Å². The summed E-state index contributed by atoms with van der Waals surface area (Å²) in [4.78, 5) is 25.9. The van der Waals surface area contributed by atoms with Gasteiger partial charge in [-0.2, -0.15) is 0 Å². The molecule has 0 aliphatic carbocycles. The normalized spacial score (nSPS) is 13.3. The van der Waals surface area contributed by atoms with E-state index in [4.69, 9.17) is 34.1 Å². The van der Waals surface area contributed by atoms with Gasteiger partial charge in [0.2, 0.25) is 0 Å². The summed E-state index contributed by atoms with van der Waals surface area (Å²) in [5.41, 5.74) is 17.1. The molecule has 118 heavy (non-hydrogen) atoms. The second kappa shape index (κ2) is 39.8. The molecule has 1 aliphatic heterocycles. The molecule has 8 aromatic heterocycles. The van der Waals surface area contributed by atoms with Crippen LogP contribution in [-0.4, -0.2) is 71.3 Å². The van der Waals surface area contributed by atoms with Crippen molar-refractivity contribution in [3.63, 3.8) is 0 Å². The molecule has 0 bridgehead atoms. The van der Waals surface area contributed by atoms with Crippen molar-refractivity contribution in [2.24, 2.45) is 0 Å². The number of aryl methyl sites for hydroxylation is 1. The molecule has 15 heteroatoms. The molecular weight excluding hydrogens is 2040 g/mol. The van der Waals surface area contributed by atoms with Crippen molar-refractivity contribution in [1.29, 1.82) is 0 Å². The Balaban J connectivity index is 0.000000154. The minimum Gasteiger partial charge on any atom is -0.381 e. The average molecular weight is 2150 g/mol. The monoisotopic (exact) mass is 2150 g/mol. The average Bonchev–Trinajstić information content (AvgIpc) is 1.61. The number of hydrogen-bond acceptors (Lipinski definition) is 6. The summed E-state index contributed by atoms with van der Waals surface area (Å²) in [5.74, 6) is 0. The maximum Gasteiger partial charge on any atom is 0.0830 e. The van der Waals surface area contributed by atoms with Crippen LogP contribution in [0.5, 0.6) is 0 Å². The molecule has 0 amide bonds. The Morgan fingerprint density at radius 3 is 1.33 bits per heavy atom. The SMILES string of the molecule is CCn1c2c[c-]c(-c3ccc([Si](C)(C)C)cn3)cc2c2ccccc21.C[Si](C)(C)c1ccc(-c2[c-]cc3c(c2)-c2ccccc2[Si]3(C)C)nc1.C[Si](C)(C)c1ccc(-c2[c-]cc3c(c2)c2ccccc2n3-c2ccccc2)nc1.[2H]c1[c-]c(-c2ccccn2)cc([2H])c1[2H].[2H]c1[c-]c(-c2nc([2H])c([2H])c([2H])c2[2H])cc([2H])c1[2H].[2H]c1nc(-c2[c-]cccc2)c([2H])c([2H])c1[2H].[Ir].[Ir].[Ir]. The van der Waals surface area contributed by atoms with Crippen molar-refractivity contribution in [3.8, 4) is 84.4 Å². The van der Waals surface area contributed by atoms with Crippen LogP contribution >= 0.6 is 0 Å². The molecule has 0 atom stereocenters. The first-order valence-electron chi connectivity index (χ1n) is 45.2. The minimum absolute atomic E-state index is 0. The summed E-state index contributed by atoms with van der Waals surface area (Å²) in [6.45, 7) is 29.2.